The lowest BCUT2D eigenvalue weighted by atomic mass is 9.75. The van der Waals surface area contributed by atoms with Crippen molar-refractivity contribution in [1.29, 1.82) is 0 Å². The van der Waals surface area contributed by atoms with Gasteiger partial charge in [0.25, 0.3) is 0 Å². The van der Waals surface area contributed by atoms with E-state index in [4.69, 9.17) is 9.84 Å². The number of ether oxygens (including phenoxy) is 1. The largest absolute Gasteiger partial charge is 0.508 e. The fourth-order valence-electron chi connectivity index (χ4n) is 4.70. The van der Waals surface area contributed by atoms with Gasteiger partial charge < -0.3 is 9.84 Å². The number of aromatic hydroxyl groups is 1. The summed E-state index contributed by atoms with van der Waals surface area (Å²) in [5.41, 5.74) is 0.860. The Morgan fingerprint density at radius 3 is 2.13 bits per heavy atom. The minimum atomic E-state index is -0.329. The number of esters is 1. The second-order valence-corrected chi connectivity index (χ2v) is 10.1. The van der Waals surface area contributed by atoms with Crippen LogP contribution < -0.4 is 0 Å². The number of carbonyl (C=O) groups is 1. The van der Waals surface area contributed by atoms with Crippen molar-refractivity contribution >= 4 is 5.97 Å². The highest BCUT2D eigenvalue weighted by Crippen LogP contribution is 2.46. The molecule has 3 heteroatoms. The van der Waals surface area contributed by atoms with Crippen molar-refractivity contribution in [3.05, 3.63) is 29.8 Å². The van der Waals surface area contributed by atoms with Gasteiger partial charge in [-0.15, -0.1) is 0 Å². The summed E-state index contributed by atoms with van der Waals surface area (Å²) in [6.45, 7) is 10.4. The number of benzene rings is 1. The van der Waals surface area contributed by atoms with Crippen LogP contribution >= 0.6 is 0 Å². The molecule has 1 N–H and O–H groups in total. The average molecular weight is 417 g/mol. The Bertz CT molecular complexity index is 635. The van der Waals surface area contributed by atoms with Crippen LogP contribution in [0.15, 0.2) is 24.3 Å². The van der Waals surface area contributed by atoms with Crippen molar-refractivity contribution in [3.63, 3.8) is 0 Å². The van der Waals surface area contributed by atoms with Crippen molar-refractivity contribution in [2.75, 3.05) is 0 Å². The van der Waals surface area contributed by atoms with E-state index in [1.54, 1.807) is 12.1 Å². The summed E-state index contributed by atoms with van der Waals surface area (Å²) < 4.78 is 6.16. The molecule has 0 heterocycles. The van der Waals surface area contributed by atoms with Crippen LogP contribution in [0, 0.1) is 11.3 Å². The normalized spacial score (nSPS) is 20.2. The van der Waals surface area contributed by atoms with Crippen LogP contribution in [0.1, 0.15) is 117 Å². The number of carbonyl (C=O) groups excluding carboxylic acids is 1. The molecule has 0 aromatic heterocycles. The molecular formula is C27H44O3. The summed E-state index contributed by atoms with van der Waals surface area (Å²) >= 11 is 0. The molecule has 2 fully saturated rings. The van der Waals surface area contributed by atoms with Crippen LogP contribution in [0.2, 0.25) is 0 Å². The van der Waals surface area contributed by atoms with E-state index in [0.29, 0.717) is 17.6 Å². The Morgan fingerprint density at radius 2 is 1.63 bits per heavy atom. The van der Waals surface area contributed by atoms with Crippen molar-refractivity contribution in [2.45, 2.75) is 117 Å². The van der Waals surface area contributed by atoms with Gasteiger partial charge in [-0.05, 0) is 94.7 Å². The Labute approximate surface area is 184 Å². The van der Waals surface area contributed by atoms with E-state index in [9.17, 15) is 4.79 Å². The van der Waals surface area contributed by atoms with E-state index >= 15 is 0 Å². The van der Waals surface area contributed by atoms with Gasteiger partial charge in [0.15, 0.2) is 0 Å². The molecule has 2 saturated carbocycles. The van der Waals surface area contributed by atoms with Crippen LogP contribution in [-0.4, -0.2) is 16.7 Å². The highest BCUT2D eigenvalue weighted by atomic mass is 16.6. The SMILES string of the molecule is CCC(C)(C)C(=O)OC1(C2CCCCC2)CCCC1.CCC(C)c1ccc(O)cc1. The topological polar surface area (TPSA) is 46.5 Å². The van der Waals surface area contributed by atoms with Gasteiger partial charge in [0, 0.05) is 0 Å². The van der Waals surface area contributed by atoms with Gasteiger partial charge in [-0.3, -0.25) is 4.79 Å². The quantitative estimate of drug-likeness (QED) is 0.482. The fraction of sp³-hybridized carbons (Fsp3) is 0.741. The van der Waals surface area contributed by atoms with Gasteiger partial charge in [0.05, 0.1) is 5.41 Å². The van der Waals surface area contributed by atoms with Crippen LogP contribution in [0.5, 0.6) is 5.75 Å². The summed E-state index contributed by atoms with van der Waals surface area (Å²) in [7, 11) is 0. The molecule has 170 valence electrons. The zero-order valence-corrected chi connectivity index (χ0v) is 20.0. The fourth-order valence-corrected chi connectivity index (χ4v) is 4.70. The summed E-state index contributed by atoms with van der Waals surface area (Å²) in [6, 6.07) is 7.43. The number of hydrogen-bond acceptors (Lipinski definition) is 3. The molecule has 0 aliphatic heterocycles. The molecule has 3 rings (SSSR count). The van der Waals surface area contributed by atoms with Crippen LogP contribution in [0.25, 0.3) is 0 Å². The third-order valence-electron chi connectivity index (χ3n) is 7.61. The average Bonchev–Trinajstić information content (AvgIpc) is 3.24. The van der Waals surface area contributed by atoms with E-state index in [1.807, 2.05) is 26.0 Å². The maximum atomic E-state index is 12.5. The maximum Gasteiger partial charge on any atom is 0.312 e. The molecule has 3 nitrogen and oxygen atoms in total. The van der Waals surface area contributed by atoms with E-state index in [1.165, 1.54) is 50.5 Å². The molecule has 2 aliphatic carbocycles. The molecule has 1 aromatic rings. The van der Waals surface area contributed by atoms with E-state index in [-0.39, 0.29) is 17.0 Å². The summed E-state index contributed by atoms with van der Waals surface area (Å²) in [5.74, 6) is 1.59. The van der Waals surface area contributed by atoms with E-state index in [0.717, 1.165) is 25.7 Å². The highest BCUT2D eigenvalue weighted by molar-refractivity contribution is 5.76. The first kappa shape index (κ1) is 24.8. The summed E-state index contributed by atoms with van der Waals surface area (Å²) in [5, 5.41) is 9.01. The predicted molar refractivity (Wildman–Crippen MR) is 125 cm³/mol. The molecule has 0 saturated heterocycles. The van der Waals surface area contributed by atoms with Gasteiger partial charge in [0.2, 0.25) is 0 Å². The summed E-state index contributed by atoms with van der Waals surface area (Å²) in [4.78, 5) is 12.5. The van der Waals surface area contributed by atoms with Gasteiger partial charge >= 0.3 is 5.97 Å². The van der Waals surface area contributed by atoms with E-state index in [2.05, 4.69) is 20.8 Å². The third-order valence-corrected chi connectivity index (χ3v) is 7.61. The first-order chi connectivity index (χ1) is 14.2. The zero-order valence-electron chi connectivity index (χ0n) is 20.0. The molecule has 0 bridgehead atoms. The van der Waals surface area contributed by atoms with Gasteiger partial charge in [-0.25, -0.2) is 0 Å². The highest BCUT2D eigenvalue weighted by Gasteiger charge is 2.46. The van der Waals surface area contributed by atoms with Gasteiger partial charge in [-0.1, -0.05) is 52.2 Å². The minimum absolute atomic E-state index is 0.0301. The van der Waals surface area contributed by atoms with Crippen molar-refractivity contribution < 1.29 is 14.6 Å². The number of phenolic OH excluding ortho intramolecular Hbond substituents is 1. The Balaban J connectivity index is 0.000000248. The molecule has 1 atom stereocenters. The number of rotatable bonds is 6. The van der Waals surface area contributed by atoms with Crippen LogP contribution in [0.3, 0.4) is 0 Å². The predicted octanol–water partition coefficient (Wildman–Crippen LogP) is 7.76. The smallest absolute Gasteiger partial charge is 0.312 e. The number of hydrogen-bond donors (Lipinski definition) is 1. The molecule has 1 unspecified atom stereocenters. The second-order valence-electron chi connectivity index (χ2n) is 10.1. The maximum absolute atomic E-state index is 12.5. The molecule has 0 spiro atoms. The van der Waals surface area contributed by atoms with Gasteiger partial charge in [-0.2, -0.15) is 0 Å². The van der Waals surface area contributed by atoms with Crippen molar-refractivity contribution in [1.82, 2.24) is 0 Å². The first-order valence-electron chi connectivity index (χ1n) is 12.3. The molecule has 30 heavy (non-hydrogen) atoms. The zero-order chi connectivity index (χ0) is 22.2. The first-order valence-corrected chi connectivity index (χ1v) is 12.3. The Hall–Kier alpha value is -1.51. The second kappa shape index (κ2) is 11.2. The van der Waals surface area contributed by atoms with Crippen molar-refractivity contribution in [3.8, 4) is 5.75 Å². The van der Waals surface area contributed by atoms with Crippen molar-refractivity contribution in [2.24, 2.45) is 11.3 Å². The lowest BCUT2D eigenvalue weighted by Crippen LogP contribution is -2.44. The lowest BCUT2D eigenvalue weighted by molar-refractivity contribution is -0.178. The van der Waals surface area contributed by atoms with Crippen LogP contribution in [-0.2, 0) is 9.53 Å². The van der Waals surface area contributed by atoms with Gasteiger partial charge in [0.1, 0.15) is 11.4 Å². The lowest BCUT2D eigenvalue weighted by Gasteiger charge is -2.41. The monoisotopic (exact) mass is 416 g/mol. The molecular weight excluding hydrogens is 372 g/mol. The molecule has 1 aromatic carbocycles. The molecule has 2 aliphatic rings. The molecule has 0 amide bonds. The number of phenols is 1. The Kier molecular flexibility index (Phi) is 9.25. The van der Waals surface area contributed by atoms with E-state index < -0.39 is 0 Å². The molecule has 0 radical (unpaired) electrons. The minimum Gasteiger partial charge on any atom is -0.508 e. The summed E-state index contributed by atoms with van der Waals surface area (Å²) in [6.07, 6.45) is 13.2. The Morgan fingerprint density at radius 1 is 1.07 bits per heavy atom. The third kappa shape index (κ3) is 6.49. The standard InChI is InChI=1S/C17H30O2.C10H14O/c1-4-16(2,3)15(18)19-17(12-8-9-13-17)14-10-6-5-7-11-14;1-3-8(2)9-4-6-10(11)7-5-9/h14H,4-13H2,1-3H3;4-8,11H,3H2,1-2H3. The van der Waals surface area contributed by atoms with Crippen LogP contribution in [0.4, 0.5) is 0 Å².